The van der Waals surface area contributed by atoms with Crippen molar-refractivity contribution in [2.45, 2.75) is 31.7 Å². The summed E-state index contributed by atoms with van der Waals surface area (Å²) in [5.74, 6) is -1.09. The van der Waals surface area contributed by atoms with Crippen LogP contribution in [-0.2, 0) is 12.0 Å². The van der Waals surface area contributed by atoms with E-state index in [2.05, 4.69) is 39.7 Å². The smallest absolute Gasteiger partial charge is 0.275 e. The molecule has 0 unspecified atom stereocenters. The summed E-state index contributed by atoms with van der Waals surface area (Å²) in [4.78, 5) is 28.2. The molecule has 7 nitrogen and oxygen atoms in total. The zero-order valence-electron chi connectivity index (χ0n) is 16.3. The van der Waals surface area contributed by atoms with Gasteiger partial charge in [-0.3, -0.25) is 19.3 Å². The van der Waals surface area contributed by atoms with Crippen LogP contribution in [0.15, 0.2) is 53.7 Å². The Balaban J connectivity index is 1.67. The summed E-state index contributed by atoms with van der Waals surface area (Å²) < 4.78 is 1.50. The molecule has 29 heavy (non-hydrogen) atoms. The van der Waals surface area contributed by atoms with Gasteiger partial charge in [0.05, 0.1) is 12.7 Å². The maximum Gasteiger partial charge on any atom is 0.275 e. The largest absolute Gasteiger partial charge is 0.503 e. The molecule has 1 amide bonds. The standard InChI is InChI=1S/C22H22N4O3/c1-14-8-16(11-24-10-14)15-4-3-5-17(9-15)22(6-7-22)13-26-12-18(27)20(28)19(25-26)21(29)23-2/h3-5,8-12,27H,6-7,13H2,1-2H3,(H,23,29). The SMILES string of the molecule is CNC(=O)c1nn(CC2(c3cccc(-c4cncc(C)c4)c3)CC2)cc(O)c1=O. The number of carbonyl (C=O) groups excluding carboxylic acids is 1. The molecular formula is C22H22N4O3. The lowest BCUT2D eigenvalue weighted by Crippen LogP contribution is -2.30. The fraction of sp³-hybridized carbons (Fsp3) is 0.273. The molecule has 1 aliphatic carbocycles. The Morgan fingerprint density at radius 2 is 2.03 bits per heavy atom. The Morgan fingerprint density at radius 1 is 1.24 bits per heavy atom. The van der Waals surface area contributed by atoms with E-state index in [0.29, 0.717) is 6.54 Å². The number of nitrogens with zero attached hydrogens (tertiary/aromatic N) is 3. The molecule has 0 saturated heterocycles. The van der Waals surface area contributed by atoms with Crippen molar-refractivity contribution in [2.75, 3.05) is 7.05 Å². The van der Waals surface area contributed by atoms with E-state index in [0.717, 1.165) is 35.1 Å². The van der Waals surface area contributed by atoms with E-state index in [4.69, 9.17) is 0 Å². The molecule has 0 bridgehead atoms. The molecule has 3 aromatic rings. The van der Waals surface area contributed by atoms with Gasteiger partial charge in [0.1, 0.15) is 0 Å². The third kappa shape index (κ3) is 3.63. The van der Waals surface area contributed by atoms with Crippen LogP contribution in [0, 0.1) is 6.92 Å². The molecule has 4 rings (SSSR count). The van der Waals surface area contributed by atoms with Gasteiger partial charge in [-0.1, -0.05) is 24.3 Å². The van der Waals surface area contributed by atoms with Crippen molar-refractivity contribution in [1.29, 1.82) is 0 Å². The van der Waals surface area contributed by atoms with Crippen molar-refractivity contribution in [3.05, 3.63) is 76.0 Å². The maximum absolute atomic E-state index is 12.0. The molecule has 1 aliphatic rings. The molecular weight excluding hydrogens is 368 g/mol. The number of hydrogen-bond donors (Lipinski definition) is 2. The predicted octanol–water partition coefficient (Wildman–Crippen LogP) is 2.41. The van der Waals surface area contributed by atoms with Gasteiger partial charge in [0.25, 0.3) is 11.3 Å². The summed E-state index contributed by atoms with van der Waals surface area (Å²) in [6.07, 6.45) is 6.90. The van der Waals surface area contributed by atoms with Crippen LogP contribution in [0.2, 0.25) is 0 Å². The number of aromatic hydroxyl groups is 1. The highest BCUT2D eigenvalue weighted by atomic mass is 16.3. The van der Waals surface area contributed by atoms with Crippen molar-refractivity contribution in [3.8, 4) is 16.9 Å². The Kier molecular flexibility index (Phi) is 4.66. The summed E-state index contributed by atoms with van der Waals surface area (Å²) >= 11 is 0. The minimum atomic E-state index is -0.764. The number of rotatable bonds is 5. The second kappa shape index (κ2) is 7.16. The van der Waals surface area contributed by atoms with E-state index in [1.165, 1.54) is 17.9 Å². The zero-order chi connectivity index (χ0) is 20.6. The van der Waals surface area contributed by atoms with E-state index < -0.39 is 17.1 Å². The van der Waals surface area contributed by atoms with Crippen LogP contribution in [0.1, 0.15) is 34.5 Å². The van der Waals surface area contributed by atoms with Crippen LogP contribution in [0.25, 0.3) is 11.1 Å². The second-order valence-electron chi connectivity index (χ2n) is 7.58. The van der Waals surface area contributed by atoms with E-state index in [1.807, 2.05) is 25.4 Å². The molecule has 2 N–H and O–H groups in total. The third-order valence-corrected chi connectivity index (χ3v) is 5.39. The van der Waals surface area contributed by atoms with Gasteiger partial charge in [0, 0.05) is 30.4 Å². The van der Waals surface area contributed by atoms with Crippen LogP contribution < -0.4 is 10.7 Å². The van der Waals surface area contributed by atoms with Crippen molar-refractivity contribution < 1.29 is 9.90 Å². The van der Waals surface area contributed by atoms with Crippen LogP contribution in [0.3, 0.4) is 0 Å². The quantitative estimate of drug-likeness (QED) is 0.697. The second-order valence-corrected chi connectivity index (χ2v) is 7.58. The first-order valence-electron chi connectivity index (χ1n) is 9.47. The average molecular weight is 390 g/mol. The average Bonchev–Trinajstić information content (AvgIpc) is 3.51. The summed E-state index contributed by atoms with van der Waals surface area (Å²) in [7, 11) is 1.42. The lowest BCUT2D eigenvalue weighted by Gasteiger charge is -2.19. The zero-order valence-corrected chi connectivity index (χ0v) is 16.3. The summed E-state index contributed by atoms with van der Waals surface area (Å²) in [6.45, 7) is 2.49. The Hall–Kier alpha value is -3.48. The Labute approximate surface area is 168 Å². The fourth-order valence-electron chi connectivity index (χ4n) is 3.61. The van der Waals surface area contributed by atoms with Gasteiger partial charge in [0.2, 0.25) is 0 Å². The van der Waals surface area contributed by atoms with Gasteiger partial charge in [-0.05, 0) is 42.5 Å². The number of hydrogen-bond acceptors (Lipinski definition) is 5. The topological polar surface area (TPSA) is 97.1 Å². The van der Waals surface area contributed by atoms with Crippen molar-refractivity contribution in [2.24, 2.45) is 0 Å². The number of aryl methyl sites for hydroxylation is 1. The first-order valence-corrected chi connectivity index (χ1v) is 9.47. The molecule has 0 spiro atoms. The van der Waals surface area contributed by atoms with Gasteiger partial charge < -0.3 is 10.4 Å². The summed E-state index contributed by atoms with van der Waals surface area (Å²) in [5.41, 5.74) is 3.21. The molecule has 148 valence electrons. The van der Waals surface area contributed by atoms with Gasteiger partial charge in [-0.25, -0.2) is 0 Å². The lowest BCUT2D eigenvalue weighted by molar-refractivity contribution is 0.0953. The van der Waals surface area contributed by atoms with Gasteiger partial charge in [-0.2, -0.15) is 5.10 Å². The Bertz CT molecular complexity index is 1150. The summed E-state index contributed by atoms with van der Waals surface area (Å²) in [5, 5.41) is 16.5. The first-order chi connectivity index (χ1) is 13.9. The third-order valence-electron chi connectivity index (χ3n) is 5.39. The predicted molar refractivity (Wildman–Crippen MR) is 109 cm³/mol. The van der Waals surface area contributed by atoms with E-state index in [-0.39, 0.29) is 11.1 Å². The minimum absolute atomic E-state index is 0.137. The highest BCUT2D eigenvalue weighted by molar-refractivity contribution is 5.92. The fourth-order valence-corrected chi connectivity index (χ4v) is 3.61. The van der Waals surface area contributed by atoms with E-state index >= 15 is 0 Å². The number of nitrogens with one attached hydrogen (secondary N) is 1. The normalized spacial score (nSPS) is 14.4. The maximum atomic E-state index is 12.0. The van der Waals surface area contributed by atoms with Crippen LogP contribution in [0.5, 0.6) is 5.75 Å². The molecule has 0 atom stereocenters. The molecule has 1 aromatic carbocycles. The van der Waals surface area contributed by atoms with Crippen molar-refractivity contribution >= 4 is 5.91 Å². The molecule has 7 heteroatoms. The molecule has 0 aliphatic heterocycles. The van der Waals surface area contributed by atoms with E-state index in [9.17, 15) is 14.7 Å². The van der Waals surface area contributed by atoms with Gasteiger partial charge in [-0.15, -0.1) is 0 Å². The first kappa shape index (κ1) is 18.9. The molecule has 0 radical (unpaired) electrons. The number of pyridine rings is 1. The monoisotopic (exact) mass is 390 g/mol. The van der Waals surface area contributed by atoms with Crippen LogP contribution >= 0.6 is 0 Å². The molecule has 1 fully saturated rings. The number of amides is 1. The molecule has 2 aromatic heterocycles. The van der Waals surface area contributed by atoms with Gasteiger partial charge >= 0.3 is 0 Å². The minimum Gasteiger partial charge on any atom is -0.503 e. The van der Waals surface area contributed by atoms with Crippen molar-refractivity contribution in [3.63, 3.8) is 0 Å². The summed E-state index contributed by atoms with van der Waals surface area (Å²) in [6, 6.07) is 10.4. The number of carbonyl (C=O) groups is 1. The number of benzene rings is 1. The molecule has 2 heterocycles. The molecule has 1 saturated carbocycles. The van der Waals surface area contributed by atoms with Gasteiger partial charge in [0.15, 0.2) is 11.4 Å². The van der Waals surface area contributed by atoms with Crippen LogP contribution in [-0.4, -0.2) is 32.8 Å². The lowest BCUT2D eigenvalue weighted by atomic mass is 9.92. The number of aromatic nitrogens is 3. The van der Waals surface area contributed by atoms with Crippen molar-refractivity contribution in [1.82, 2.24) is 20.1 Å². The Morgan fingerprint density at radius 3 is 2.72 bits per heavy atom. The highest BCUT2D eigenvalue weighted by Crippen LogP contribution is 2.50. The van der Waals surface area contributed by atoms with Crippen LogP contribution in [0.4, 0.5) is 0 Å². The van der Waals surface area contributed by atoms with E-state index in [1.54, 1.807) is 0 Å². The highest BCUT2D eigenvalue weighted by Gasteiger charge is 2.45.